The predicted molar refractivity (Wildman–Crippen MR) is 140 cm³/mol. The van der Waals surface area contributed by atoms with E-state index in [1.807, 2.05) is 24.3 Å². The zero-order chi connectivity index (χ0) is 24.1. The molecule has 10 heteroatoms. The maximum atomic E-state index is 12.5. The van der Waals surface area contributed by atoms with Crippen molar-refractivity contribution in [1.82, 2.24) is 20.2 Å². The van der Waals surface area contributed by atoms with Gasteiger partial charge in [-0.15, -0.1) is 10.2 Å². The van der Waals surface area contributed by atoms with Gasteiger partial charge in [0.05, 0.1) is 16.5 Å². The molecule has 0 bridgehead atoms. The van der Waals surface area contributed by atoms with Crippen LogP contribution in [-0.2, 0) is 4.79 Å². The SMILES string of the molecule is C/C(=N/NC(=O)CSc1nnc(-c2ccc(Cl)cc2)n1C1CCCCC1)c1ccc(Cl)cc1Cl. The first kappa shape index (κ1) is 25.0. The van der Waals surface area contributed by atoms with Crippen LogP contribution in [0, 0.1) is 0 Å². The molecular weight excluding hydrogens is 513 g/mol. The van der Waals surface area contributed by atoms with E-state index < -0.39 is 0 Å². The molecule has 0 radical (unpaired) electrons. The second-order valence-corrected chi connectivity index (χ2v) is 10.3. The van der Waals surface area contributed by atoms with Gasteiger partial charge in [-0.3, -0.25) is 9.36 Å². The minimum atomic E-state index is -0.235. The number of halogens is 3. The third-order valence-electron chi connectivity index (χ3n) is 5.71. The highest BCUT2D eigenvalue weighted by atomic mass is 35.5. The molecular formula is C24H24Cl3N5OS. The Kier molecular flexibility index (Phi) is 8.53. The number of hydrogen-bond acceptors (Lipinski definition) is 5. The van der Waals surface area contributed by atoms with Gasteiger partial charge in [0.15, 0.2) is 11.0 Å². The molecule has 34 heavy (non-hydrogen) atoms. The molecule has 6 nitrogen and oxygen atoms in total. The molecule has 1 aliphatic rings. The van der Waals surface area contributed by atoms with E-state index in [0.29, 0.717) is 32.4 Å². The maximum Gasteiger partial charge on any atom is 0.250 e. The van der Waals surface area contributed by atoms with Gasteiger partial charge in [-0.2, -0.15) is 5.10 Å². The highest BCUT2D eigenvalue weighted by Crippen LogP contribution is 2.35. The van der Waals surface area contributed by atoms with Crippen LogP contribution in [-0.4, -0.2) is 32.1 Å². The molecule has 0 atom stereocenters. The smallest absolute Gasteiger partial charge is 0.250 e. The standard InChI is InChI=1S/C24H24Cl3N5OS/c1-15(20-12-11-18(26)13-21(20)27)28-29-22(33)14-34-24-31-30-23(16-7-9-17(25)10-8-16)32(24)19-5-3-2-4-6-19/h7-13,19H,2-6,14H2,1H3,(H,29,33)/b28-15-. The van der Waals surface area contributed by atoms with Gasteiger partial charge in [0.2, 0.25) is 0 Å². The fourth-order valence-corrected chi connectivity index (χ4v) is 5.46. The highest BCUT2D eigenvalue weighted by molar-refractivity contribution is 7.99. The van der Waals surface area contributed by atoms with Crippen LogP contribution in [0.25, 0.3) is 11.4 Å². The Bertz CT molecular complexity index is 1190. The van der Waals surface area contributed by atoms with Gasteiger partial charge in [0, 0.05) is 27.2 Å². The molecule has 4 rings (SSSR count). The van der Waals surface area contributed by atoms with Crippen LogP contribution in [0.2, 0.25) is 15.1 Å². The Labute approximate surface area is 218 Å². The molecule has 0 unspecified atom stereocenters. The summed E-state index contributed by atoms with van der Waals surface area (Å²) < 4.78 is 2.18. The lowest BCUT2D eigenvalue weighted by molar-refractivity contribution is -0.118. The predicted octanol–water partition coefficient (Wildman–Crippen LogP) is 7.04. The maximum absolute atomic E-state index is 12.5. The Hall–Kier alpha value is -2.06. The summed E-state index contributed by atoms with van der Waals surface area (Å²) in [6.45, 7) is 1.78. The van der Waals surface area contributed by atoms with Gasteiger partial charge < -0.3 is 0 Å². The first-order chi connectivity index (χ1) is 16.4. The minimum absolute atomic E-state index is 0.163. The number of hydrazone groups is 1. The van der Waals surface area contributed by atoms with Crippen LogP contribution >= 0.6 is 46.6 Å². The van der Waals surface area contributed by atoms with Crippen LogP contribution in [0.15, 0.2) is 52.7 Å². The van der Waals surface area contributed by atoms with E-state index in [0.717, 1.165) is 29.4 Å². The second kappa shape index (κ2) is 11.6. The van der Waals surface area contributed by atoms with Crippen molar-refractivity contribution in [3.05, 3.63) is 63.1 Å². The van der Waals surface area contributed by atoms with Gasteiger partial charge in [-0.05, 0) is 56.2 Å². The van der Waals surface area contributed by atoms with E-state index in [9.17, 15) is 4.79 Å². The van der Waals surface area contributed by atoms with Crippen molar-refractivity contribution in [2.24, 2.45) is 5.10 Å². The summed E-state index contributed by atoms with van der Waals surface area (Å²) in [6, 6.07) is 13.1. The van der Waals surface area contributed by atoms with Gasteiger partial charge >= 0.3 is 0 Å². The number of benzene rings is 2. The van der Waals surface area contributed by atoms with Crippen LogP contribution in [0.3, 0.4) is 0 Å². The summed E-state index contributed by atoms with van der Waals surface area (Å²) in [5.74, 6) is 0.731. The Balaban J connectivity index is 1.47. The molecule has 1 heterocycles. The first-order valence-corrected chi connectivity index (χ1v) is 13.2. The van der Waals surface area contributed by atoms with Crippen LogP contribution in [0.5, 0.6) is 0 Å². The first-order valence-electron chi connectivity index (χ1n) is 11.0. The molecule has 1 amide bonds. The third-order valence-corrected chi connectivity index (χ3v) is 7.45. The highest BCUT2D eigenvalue weighted by Gasteiger charge is 2.24. The number of amides is 1. The van der Waals surface area contributed by atoms with E-state index in [4.69, 9.17) is 34.8 Å². The minimum Gasteiger partial charge on any atom is -0.299 e. The summed E-state index contributed by atoms with van der Waals surface area (Å²) in [4.78, 5) is 12.5. The summed E-state index contributed by atoms with van der Waals surface area (Å²) in [5, 5.41) is 15.5. The van der Waals surface area contributed by atoms with Gasteiger partial charge in [0.25, 0.3) is 5.91 Å². The van der Waals surface area contributed by atoms with Crippen molar-refractivity contribution < 1.29 is 4.79 Å². The van der Waals surface area contributed by atoms with Crippen molar-refractivity contribution in [2.45, 2.75) is 50.2 Å². The Morgan fingerprint density at radius 1 is 1.06 bits per heavy atom. The summed E-state index contributed by atoms with van der Waals surface area (Å²) in [6.07, 6.45) is 5.74. The zero-order valence-electron chi connectivity index (χ0n) is 18.6. The molecule has 178 valence electrons. The van der Waals surface area contributed by atoms with Crippen molar-refractivity contribution in [1.29, 1.82) is 0 Å². The summed E-state index contributed by atoms with van der Waals surface area (Å²) in [7, 11) is 0. The van der Waals surface area contributed by atoms with Crippen LogP contribution < -0.4 is 5.43 Å². The second-order valence-electron chi connectivity index (χ2n) is 8.12. The van der Waals surface area contributed by atoms with Crippen molar-refractivity contribution in [3.63, 3.8) is 0 Å². The number of thioether (sulfide) groups is 1. The van der Waals surface area contributed by atoms with Crippen LogP contribution in [0.4, 0.5) is 0 Å². The lowest BCUT2D eigenvalue weighted by atomic mass is 9.95. The zero-order valence-corrected chi connectivity index (χ0v) is 21.7. The van der Waals surface area contributed by atoms with E-state index >= 15 is 0 Å². The van der Waals surface area contributed by atoms with Crippen LogP contribution in [0.1, 0.15) is 50.6 Å². The monoisotopic (exact) mass is 535 g/mol. The summed E-state index contributed by atoms with van der Waals surface area (Å²) in [5.41, 5.74) is 4.86. The molecule has 1 aliphatic carbocycles. The summed E-state index contributed by atoms with van der Waals surface area (Å²) >= 11 is 19.6. The Morgan fingerprint density at radius 2 is 1.76 bits per heavy atom. The van der Waals surface area contributed by atoms with Gasteiger partial charge in [-0.25, -0.2) is 5.43 Å². The molecule has 0 saturated heterocycles. The fraction of sp³-hybridized carbons (Fsp3) is 0.333. The fourth-order valence-electron chi connectivity index (χ4n) is 3.99. The van der Waals surface area contributed by atoms with E-state index in [2.05, 4.69) is 25.3 Å². The molecule has 1 N–H and O–H groups in total. The Morgan fingerprint density at radius 3 is 2.47 bits per heavy atom. The number of carbonyl (C=O) groups is 1. The lowest BCUT2D eigenvalue weighted by Gasteiger charge is -2.25. The van der Waals surface area contributed by atoms with E-state index in [1.165, 1.54) is 31.0 Å². The van der Waals surface area contributed by atoms with Crippen molar-refractivity contribution >= 4 is 58.2 Å². The molecule has 1 fully saturated rings. The topological polar surface area (TPSA) is 72.2 Å². The number of nitrogens with one attached hydrogen (secondary N) is 1. The largest absolute Gasteiger partial charge is 0.299 e. The molecule has 0 spiro atoms. The average Bonchev–Trinajstić information content (AvgIpc) is 3.26. The van der Waals surface area contributed by atoms with Crippen molar-refractivity contribution in [3.8, 4) is 11.4 Å². The van der Waals surface area contributed by atoms with E-state index in [-0.39, 0.29) is 11.7 Å². The number of rotatable bonds is 7. The van der Waals surface area contributed by atoms with E-state index in [1.54, 1.807) is 25.1 Å². The van der Waals surface area contributed by atoms with Gasteiger partial charge in [0.1, 0.15) is 0 Å². The normalized spacial score (nSPS) is 14.9. The molecule has 1 aromatic heterocycles. The molecule has 2 aromatic carbocycles. The molecule has 0 aliphatic heterocycles. The van der Waals surface area contributed by atoms with Crippen molar-refractivity contribution in [2.75, 3.05) is 5.75 Å². The number of hydrogen-bond donors (Lipinski definition) is 1. The quantitative estimate of drug-likeness (QED) is 0.200. The number of carbonyl (C=O) groups excluding carboxylic acids is 1. The number of aromatic nitrogens is 3. The molecule has 1 saturated carbocycles. The lowest BCUT2D eigenvalue weighted by Crippen LogP contribution is -2.22. The molecule has 3 aromatic rings. The average molecular weight is 537 g/mol. The number of nitrogens with zero attached hydrogens (tertiary/aromatic N) is 4. The third kappa shape index (κ3) is 6.13. The van der Waals surface area contributed by atoms with Gasteiger partial charge in [-0.1, -0.05) is 71.9 Å².